The molecule has 0 fully saturated rings. The van der Waals surface area contributed by atoms with Crippen molar-refractivity contribution >= 4 is 51.1 Å². The van der Waals surface area contributed by atoms with E-state index in [9.17, 15) is 4.79 Å². The fraction of sp³-hybridized carbons (Fsp3) is 0.0667. The van der Waals surface area contributed by atoms with Crippen LogP contribution in [-0.4, -0.2) is 31.1 Å². The van der Waals surface area contributed by atoms with E-state index in [0.717, 1.165) is 16.0 Å². The van der Waals surface area contributed by atoms with E-state index in [1.165, 1.54) is 17.6 Å². The van der Waals surface area contributed by atoms with Crippen molar-refractivity contribution in [2.24, 2.45) is 5.10 Å². The average Bonchev–Trinajstić information content (AvgIpc) is 3.25. The summed E-state index contributed by atoms with van der Waals surface area (Å²) in [5.41, 5.74) is 4.87. The number of carbonyl (C=O) groups is 1. The van der Waals surface area contributed by atoms with Gasteiger partial charge in [0.2, 0.25) is 0 Å². The minimum absolute atomic E-state index is 0.131. The van der Waals surface area contributed by atoms with E-state index in [1.807, 2.05) is 40.2 Å². The van der Waals surface area contributed by atoms with Crippen LogP contribution >= 0.6 is 22.9 Å². The Morgan fingerprint density at radius 1 is 1.42 bits per heavy atom. The van der Waals surface area contributed by atoms with E-state index in [-0.39, 0.29) is 12.5 Å². The molecule has 0 aliphatic rings. The number of amides is 1. The molecule has 1 N–H and O–H groups in total. The molecule has 4 aromatic rings. The lowest BCUT2D eigenvalue weighted by atomic mass is 10.3. The Morgan fingerprint density at radius 3 is 3.21 bits per heavy atom. The molecule has 9 heteroatoms. The van der Waals surface area contributed by atoms with Gasteiger partial charge in [-0.15, -0.1) is 11.3 Å². The van der Waals surface area contributed by atoms with Gasteiger partial charge in [0.15, 0.2) is 10.1 Å². The quantitative estimate of drug-likeness (QED) is 0.450. The van der Waals surface area contributed by atoms with E-state index < -0.39 is 0 Å². The topological polar surface area (TPSA) is 76.6 Å². The van der Waals surface area contributed by atoms with Crippen molar-refractivity contribution in [1.82, 2.24) is 24.4 Å². The predicted molar refractivity (Wildman–Crippen MR) is 93.5 cm³/mol. The SMILES string of the molecule is O=C(Cn1cnc2ccccc21)N/N=C\c1c(Cl)nc2sccn12. The van der Waals surface area contributed by atoms with Crippen LogP contribution in [0, 0.1) is 0 Å². The molecule has 0 aliphatic carbocycles. The number of hydrazone groups is 1. The maximum atomic E-state index is 12.1. The molecule has 0 atom stereocenters. The number of thiazole rings is 1. The highest BCUT2D eigenvalue weighted by molar-refractivity contribution is 7.15. The maximum absolute atomic E-state index is 12.1. The molecule has 4 rings (SSSR count). The summed E-state index contributed by atoms with van der Waals surface area (Å²) < 4.78 is 3.58. The zero-order chi connectivity index (χ0) is 16.5. The van der Waals surface area contributed by atoms with Crippen LogP contribution in [0.25, 0.3) is 16.0 Å². The molecule has 1 amide bonds. The van der Waals surface area contributed by atoms with Crippen LogP contribution in [0.4, 0.5) is 0 Å². The molecular weight excluding hydrogens is 348 g/mol. The van der Waals surface area contributed by atoms with E-state index in [4.69, 9.17) is 11.6 Å². The molecule has 7 nitrogen and oxygen atoms in total. The number of hydrogen-bond donors (Lipinski definition) is 1. The summed E-state index contributed by atoms with van der Waals surface area (Å²) in [4.78, 5) is 21.3. The van der Waals surface area contributed by atoms with Gasteiger partial charge in [-0.2, -0.15) is 5.10 Å². The number of rotatable bonds is 4. The minimum atomic E-state index is -0.253. The van der Waals surface area contributed by atoms with E-state index in [2.05, 4.69) is 20.5 Å². The highest BCUT2D eigenvalue weighted by Gasteiger charge is 2.09. The summed E-state index contributed by atoms with van der Waals surface area (Å²) in [5, 5.41) is 6.22. The molecule has 0 saturated carbocycles. The molecule has 0 spiro atoms. The Balaban J connectivity index is 1.47. The number of hydrogen-bond acceptors (Lipinski definition) is 5. The summed E-state index contributed by atoms with van der Waals surface area (Å²) in [5.74, 6) is -0.253. The van der Waals surface area contributed by atoms with Gasteiger partial charge >= 0.3 is 0 Å². The molecule has 3 heterocycles. The van der Waals surface area contributed by atoms with Crippen LogP contribution in [0.5, 0.6) is 0 Å². The second kappa shape index (κ2) is 6.06. The molecule has 0 bridgehead atoms. The van der Waals surface area contributed by atoms with Crippen molar-refractivity contribution in [2.75, 3.05) is 0 Å². The van der Waals surface area contributed by atoms with E-state index in [1.54, 1.807) is 10.9 Å². The van der Waals surface area contributed by atoms with Gasteiger partial charge in [0.1, 0.15) is 12.2 Å². The maximum Gasteiger partial charge on any atom is 0.260 e. The largest absolute Gasteiger partial charge is 0.321 e. The summed E-state index contributed by atoms with van der Waals surface area (Å²) in [6, 6.07) is 7.63. The normalized spacial score (nSPS) is 11.7. The van der Waals surface area contributed by atoms with Gasteiger partial charge in [0, 0.05) is 11.6 Å². The third kappa shape index (κ3) is 2.66. The highest BCUT2D eigenvalue weighted by Crippen LogP contribution is 2.19. The summed E-state index contributed by atoms with van der Waals surface area (Å²) in [6.45, 7) is 0.131. The first-order valence-electron chi connectivity index (χ1n) is 7.05. The van der Waals surface area contributed by atoms with Crippen molar-refractivity contribution < 1.29 is 4.79 Å². The Bertz CT molecular complexity index is 1060. The number of halogens is 1. The van der Waals surface area contributed by atoms with Crippen molar-refractivity contribution in [1.29, 1.82) is 0 Å². The van der Waals surface area contributed by atoms with Gasteiger partial charge in [-0.25, -0.2) is 15.4 Å². The first kappa shape index (κ1) is 14.9. The second-order valence-corrected chi connectivity index (χ2v) is 6.23. The van der Waals surface area contributed by atoms with Gasteiger partial charge in [0.25, 0.3) is 5.91 Å². The number of fused-ring (bicyclic) bond motifs is 2. The molecule has 0 radical (unpaired) electrons. The number of para-hydroxylation sites is 2. The van der Waals surface area contributed by atoms with E-state index in [0.29, 0.717) is 10.8 Å². The summed E-state index contributed by atoms with van der Waals surface area (Å²) in [6.07, 6.45) is 4.97. The van der Waals surface area contributed by atoms with Crippen LogP contribution in [-0.2, 0) is 11.3 Å². The van der Waals surface area contributed by atoms with Gasteiger partial charge in [-0.1, -0.05) is 23.7 Å². The molecular formula is C15H11ClN6OS. The fourth-order valence-corrected chi connectivity index (χ4v) is 3.38. The van der Waals surface area contributed by atoms with Gasteiger partial charge in [-0.05, 0) is 12.1 Å². The Hall–Kier alpha value is -2.71. The van der Waals surface area contributed by atoms with Crippen LogP contribution < -0.4 is 5.43 Å². The second-order valence-electron chi connectivity index (χ2n) is 5.00. The van der Waals surface area contributed by atoms with Crippen molar-refractivity contribution in [3.05, 3.63) is 53.0 Å². The summed E-state index contributed by atoms with van der Waals surface area (Å²) in [7, 11) is 0. The van der Waals surface area contributed by atoms with Crippen LogP contribution in [0.15, 0.2) is 47.3 Å². The molecule has 120 valence electrons. The lowest BCUT2D eigenvalue weighted by Gasteiger charge is -2.02. The lowest BCUT2D eigenvalue weighted by Crippen LogP contribution is -2.22. The number of carbonyl (C=O) groups excluding carboxylic acids is 1. The number of nitrogens with zero attached hydrogens (tertiary/aromatic N) is 5. The third-order valence-electron chi connectivity index (χ3n) is 3.47. The summed E-state index contributed by atoms with van der Waals surface area (Å²) >= 11 is 7.54. The Labute approximate surface area is 145 Å². The number of nitrogens with one attached hydrogen (secondary N) is 1. The Morgan fingerprint density at radius 2 is 2.29 bits per heavy atom. The zero-order valence-electron chi connectivity index (χ0n) is 12.3. The minimum Gasteiger partial charge on any atom is -0.321 e. The van der Waals surface area contributed by atoms with Crippen LogP contribution in [0.3, 0.4) is 0 Å². The first-order chi connectivity index (χ1) is 11.7. The monoisotopic (exact) mass is 358 g/mol. The van der Waals surface area contributed by atoms with Gasteiger partial charge < -0.3 is 4.57 Å². The van der Waals surface area contributed by atoms with Gasteiger partial charge in [0.05, 0.1) is 23.6 Å². The zero-order valence-corrected chi connectivity index (χ0v) is 13.8. The smallest absolute Gasteiger partial charge is 0.260 e. The Kier molecular flexibility index (Phi) is 3.75. The number of aromatic nitrogens is 4. The van der Waals surface area contributed by atoms with Gasteiger partial charge in [-0.3, -0.25) is 9.20 Å². The molecule has 0 unspecified atom stereocenters. The van der Waals surface area contributed by atoms with E-state index >= 15 is 0 Å². The molecule has 0 saturated heterocycles. The predicted octanol–water partition coefficient (Wildman–Crippen LogP) is 2.55. The molecule has 3 aromatic heterocycles. The molecule has 0 aliphatic heterocycles. The van der Waals surface area contributed by atoms with Crippen molar-refractivity contribution in [2.45, 2.75) is 6.54 Å². The molecule has 24 heavy (non-hydrogen) atoms. The standard InChI is InChI=1S/C15H11ClN6OS/c16-14-12(22-5-6-24-15(22)19-14)7-18-20-13(23)8-21-9-17-10-3-1-2-4-11(10)21/h1-7,9H,8H2,(H,20,23)/b18-7-. The van der Waals surface area contributed by atoms with Crippen LogP contribution in [0.1, 0.15) is 5.69 Å². The lowest BCUT2D eigenvalue weighted by molar-refractivity contribution is -0.121. The fourth-order valence-electron chi connectivity index (χ4n) is 2.38. The number of imidazole rings is 2. The third-order valence-corrected chi connectivity index (χ3v) is 4.51. The first-order valence-corrected chi connectivity index (χ1v) is 8.31. The number of benzene rings is 1. The van der Waals surface area contributed by atoms with Crippen molar-refractivity contribution in [3.63, 3.8) is 0 Å². The van der Waals surface area contributed by atoms with Crippen molar-refractivity contribution in [3.8, 4) is 0 Å². The molecule has 1 aromatic carbocycles. The average molecular weight is 359 g/mol. The van der Waals surface area contributed by atoms with Crippen LogP contribution in [0.2, 0.25) is 5.15 Å². The highest BCUT2D eigenvalue weighted by atomic mass is 35.5.